The molecule has 0 nitrogen and oxygen atoms in total. The van der Waals surface area contributed by atoms with Crippen molar-refractivity contribution < 1.29 is 0 Å². The number of hydrogen-bond donors (Lipinski definition) is 0. The molecule has 98 valence electrons. The summed E-state index contributed by atoms with van der Waals surface area (Å²) in [5.41, 5.74) is 4.30. The van der Waals surface area contributed by atoms with Gasteiger partial charge in [-0.15, -0.1) is 0 Å². The van der Waals surface area contributed by atoms with Gasteiger partial charge in [0, 0.05) is 0 Å². The summed E-state index contributed by atoms with van der Waals surface area (Å²) in [4.78, 5) is 0. The maximum absolute atomic E-state index is 2.40. The summed E-state index contributed by atoms with van der Waals surface area (Å²) in [7, 11) is 0. The van der Waals surface area contributed by atoms with Gasteiger partial charge >= 0.3 is 0 Å². The number of rotatable bonds is 3. The molecule has 0 N–H and O–H groups in total. The Labute approximate surface area is 112 Å². The Kier molecular flexibility index (Phi) is 3.00. The molecule has 0 radical (unpaired) electrons. The number of fused-ring (bicyclic) bond motifs is 3. The first kappa shape index (κ1) is 12.3. The van der Waals surface area contributed by atoms with Crippen molar-refractivity contribution >= 4 is 0 Å². The third-order valence-electron chi connectivity index (χ3n) is 5.85. The minimum absolute atomic E-state index is 0.545. The van der Waals surface area contributed by atoms with Crippen LogP contribution in [0.3, 0.4) is 0 Å². The lowest BCUT2D eigenvalue weighted by molar-refractivity contribution is 0.0320. The molecular weight excluding hydrogens is 216 g/mol. The zero-order valence-electron chi connectivity index (χ0n) is 12.0. The molecule has 18 heavy (non-hydrogen) atoms. The maximum atomic E-state index is 2.40. The lowest BCUT2D eigenvalue weighted by atomic mass is 9.51. The van der Waals surface area contributed by atoms with Crippen LogP contribution >= 0.6 is 0 Å². The zero-order chi connectivity index (χ0) is 12.6. The molecule has 3 aliphatic rings. The third kappa shape index (κ3) is 1.90. The summed E-state index contributed by atoms with van der Waals surface area (Å²) in [5.74, 6) is 0. The summed E-state index contributed by atoms with van der Waals surface area (Å²) in [5, 5.41) is 0. The van der Waals surface area contributed by atoms with Crippen molar-refractivity contribution in [3.63, 3.8) is 0 Å². The van der Waals surface area contributed by atoms with E-state index in [1.54, 1.807) is 5.56 Å². The average molecular weight is 242 g/mol. The van der Waals surface area contributed by atoms with Crippen LogP contribution in [0.25, 0.3) is 0 Å². The molecule has 0 spiro atoms. The Morgan fingerprint density at radius 3 is 1.94 bits per heavy atom. The van der Waals surface area contributed by atoms with Gasteiger partial charge in [0.2, 0.25) is 0 Å². The van der Waals surface area contributed by atoms with Crippen LogP contribution in [0, 0.1) is 12.3 Å². The fraction of sp³-hybridized carbons (Fsp3) is 0.667. The highest BCUT2D eigenvalue weighted by Crippen LogP contribution is 2.59. The Balaban J connectivity index is 1.82. The molecule has 3 fully saturated rings. The highest BCUT2D eigenvalue weighted by atomic mass is 14.5. The fourth-order valence-corrected chi connectivity index (χ4v) is 4.51. The van der Waals surface area contributed by atoms with Gasteiger partial charge in [0.05, 0.1) is 0 Å². The van der Waals surface area contributed by atoms with Gasteiger partial charge in [-0.2, -0.15) is 0 Å². The second-order valence-corrected chi connectivity index (χ2v) is 6.90. The van der Waals surface area contributed by atoms with Crippen molar-refractivity contribution in [3.05, 3.63) is 35.4 Å². The van der Waals surface area contributed by atoms with Crippen LogP contribution in [0.15, 0.2) is 24.3 Å². The van der Waals surface area contributed by atoms with E-state index in [1.807, 2.05) is 0 Å². The molecule has 0 heterocycles. The Morgan fingerprint density at radius 1 is 0.889 bits per heavy atom. The predicted molar refractivity (Wildman–Crippen MR) is 77.9 cm³/mol. The van der Waals surface area contributed by atoms with Gasteiger partial charge in [-0.3, -0.25) is 0 Å². The van der Waals surface area contributed by atoms with E-state index in [-0.39, 0.29) is 0 Å². The van der Waals surface area contributed by atoms with Gasteiger partial charge in [0.15, 0.2) is 0 Å². The van der Waals surface area contributed by atoms with Crippen LogP contribution in [-0.4, -0.2) is 0 Å². The quantitative estimate of drug-likeness (QED) is 0.667. The molecule has 0 heteroatoms. The van der Waals surface area contributed by atoms with Crippen molar-refractivity contribution in [1.29, 1.82) is 0 Å². The topological polar surface area (TPSA) is 0 Å². The normalized spacial score (nSPS) is 34.8. The second kappa shape index (κ2) is 4.40. The first-order valence-corrected chi connectivity index (χ1v) is 7.75. The minimum atomic E-state index is 0.545. The van der Waals surface area contributed by atoms with Crippen LogP contribution in [0.4, 0.5) is 0 Å². The molecule has 0 atom stereocenters. The Morgan fingerprint density at radius 2 is 1.44 bits per heavy atom. The van der Waals surface area contributed by atoms with Gasteiger partial charge in [0.1, 0.15) is 0 Å². The molecule has 0 aromatic heterocycles. The lowest BCUT2D eigenvalue weighted by Gasteiger charge is -2.54. The fourth-order valence-electron chi connectivity index (χ4n) is 4.51. The van der Waals surface area contributed by atoms with Crippen LogP contribution < -0.4 is 0 Å². The molecule has 0 unspecified atom stereocenters. The summed E-state index contributed by atoms with van der Waals surface area (Å²) in [6.07, 6.45) is 11.6. The molecular formula is C18H26. The highest BCUT2D eigenvalue weighted by molar-refractivity contribution is 5.31. The van der Waals surface area contributed by atoms with E-state index in [0.717, 1.165) is 5.41 Å². The van der Waals surface area contributed by atoms with Gasteiger partial charge < -0.3 is 0 Å². The predicted octanol–water partition coefficient (Wildman–Crippen LogP) is 5.39. The van der Waals surface area contributed by atoms with Crippen molar-refractivity contribution in [2.24, 2.45) is 5.41 Å². The third-order valence-corrected chi connectivity index (χ3v) is 5.85. The largest absolute Gasteiger partial charge is 0.0654 e. The summed E-state index contributed by atoms with van der Waals surface area (Å²) in [6, 6.07) is 9.39. The number of aryl methyl sites for hydroxylation is 1. The van der Waals surface area contributed by atoms with Gasteiger partial charge in [-0.1, -0.05) is 43.2 Å². The molecule has 1 aromatic rings. The van der Waals surface area contributed by atoms with E-state index in [9.17, 15) is 0 Å². The Hall–Kier alpha value is -0.780. The van der Waals surface area contributed by atoms with Crippen LogP contribution in [0.2, 0.25) is 0 Å². The van der Waals surface area contributed by atoms with E-state index >= 15 is 0 Å². The van der Waals surface area contributed by atoms with E-state index in [4.69, 9.17) is 0 Å². The van der Waals surface area contributed by atoms with E-state index in [1.165, 1.54) is 56.9 Å². The van der Waals surface area contributed by atoms with E-state index < -0.39 is 0 Å². The molecule has 4 rings (SSSR count). The van der Waals surface area contributed by atoms with Crippen LogP contribution in [-0.2, 0) is 5.41 Å². The first-order valence-electron chi connectivity index (χ1n) is 7.75. The van der Waals surface area contributed by atoms with Crippen molar-refractivity contribution in [1.82, 2.24) is 0 Å². The minimum Gasteiger partial charge on any atom is -0.0654 e. The molecule has 3 saturated carbocycles. The summed E-state index contributed by atoms with van der Waals surface area (Å²) in [6.45, 7) is 4.54. The van der Waals surface area contributed by atoms with Crippen molar-refractivity contribution in [2.75, 3.05) is 0 Å². The molecule has 0 saturated heterocycles. The van der Waals surface area contributed by atoms with Crippen LogP contribution in [0.1, 0.15) is 69.4 Å². The van der Waals surface area contributed by atoms with E-state index in [0.29, 0.717) is 5.41 Å². The summed E-state index contributed by atoms with van der Waals surface area (Å²) >= 11 is 0. The standard InChI is InChI=1S/C18H26/c1-3-8-17-9-12-18(13-10-17,14-11-17)16-6-4-15(2)5-7-16/h4-7H,3,8-14H2,1-2H3. The monoisotopic (exact) mass is 242 g/mol. The number of benzene rings is 1. The molecule has 1 aromatic carbocycles. The summed E-state index contributed by atoms with van der Waals surface area (Å²) < 4.78 is 0. The van der Waals surface area contributed by atoms with Gasteiger partial charge in [-0.25, -0.2) is 0 Å². The van der Waals surface area contributed by atoms with Gasteiger partial charge in [-0.05, 0) is 68.3 Å². The second-order valence-electron chi connectivity index (χ2n) is 6.90. The molecule has 0 amide bonds. The van der Waals surface area contributed by atoms with Crippen molar-refractivity contribution in [2.45, 2.75) is 70.6 Å². The highest BCUT2D eigenvalue weighted by Gasteiger charge is 2.48. The lowest BCUT2D eigenvalue weighted by Crippen LogP contribution is -2.44. The SMILES string of the molecule is CCCC12CCC(c3ccc(C)cc3)(CC1)CC2. The molecule has 0 aliphatic heterocycles. The van der Waals surface area contributed by atoms with Crippen LogP contribution in [0.5, 0.6) is 0 Å². The Bertz CT molecular complexity index is 388. The zero-order valence-corrected chi connectivity index (χ0v) is 12.0. The maximum Gasteiger partial charge on any atom is -0.00464 e. The van der Waals surface area contributed by atoms with Crippen molar-refractivity contribution in [3.8, 4) is 0 Å². The smallest absolute Gasteiger partial charge is 0.00464 e. The number of hydrogen-bond acceptors (Lipinski definition) is 0. The average Bonchev–Trinajstić information content (AvgIpc) is 2.42. The first-order chi connectivity index (χ1) is 8.68. The van der Waals surface area contributed by atoms with E-state index in [2.05, 4.69) is 38.1 Å². The molecule has 3 aliphatic carbocycles. The molecule has 2 bridgehead atoms. The van der Waals surface area contributed by atoms with Gasteiger partial charge in [0.25, 0.3) is 0 Å².